The summed E-state index contributed by atoms with van der Waals surface area (Å²) in [6.07, 6.45) is 0. The number of morpholine rings is 1. The van der Waals surface area contributed by atoms with Gasteiger partial charge in [0.25, 0.3) is 0 Å². The van der Waals surface area contributed by atoms with E-state index >= 15 is 0 Å². The van der Waals surface area contributed by atoms with Crippen molar-refractivity contribution in [2.75, 3.05) is 25.5 Å². The minimum atomic E-state index is -0.469. The third kappa shape index (κ3) is 2.96. The molecule has 18 heavy (non-hydrogen) atoms. The van der Waals surface area contributed by atoms with E-state index in [1.165, 1.54) is 12.1 Å². The van der Waals surface area contributed by atoms with Crippen molar-refractivity contribution in [1.29, 1.82) is 0 Å². The number of hydrogen-bond donors (Lipinski definition) is 2. The van der Waals surface area contributed by atoms with Gasteiger partial charge in [-0.05, 0) is 23.8 Å². The standard InChI is InChI=1S/C12H16FN3O2/c13-9-3-8(4-10(14)5-9)6-16-1-2-18-7-11(16)12(15)17/h3-5,11H,1-2,6-7,14H2,(H2,15,17). The van der Waals surface area contributed by atoms with Crippen molar-refractivity contribution in [3.63, 3.8) is 0 Å². The lowest BCUT2D eigenvalue weighted by Crippen LogP contribution is -2.51. The number of ether oxygens (including phenoxy) is 1. The predicted molar refractivity (Wildman–Crippen MR) is 65.0 cm³/mol. The van der Waals surface area contributed by atoms with Crippen LogP contribution >= 0.6 is 0 Å². The highest BCUT2D eigenvalue weighted by atomic mass is 19.1. The number of nitrogens with zero attached hydrogens (tertiary/aromatic N) is 1. The minimum Gasteiger partial charge on any atom is -0.399 e. The van der Waals surface area contributed by atoms with Crippen LogP contribution < -0.4 is 11.5 Å². The van der Waals surface area contributed by atoms with Crippen LogP contribution in [0, 0.1) is 5.82 Å². The van der Waals surface area contributed by atoms with E-state index in [0.717, 1.165) is 5.56 Å². The van der Waals surface area contributed by atoms with Gasteiger partial charge in [-0.25, -0.2) is 4.39 Å². The van der Waals surface area contributed by atoms with Crippen LogP contribution in [-0.2, 0) is 16.1 Å². The maximum absolute atomic E-state index is 13.2. The number of anilines is 1. The number of primary amides is 1. The van der Waals surface area contributed by atoms with Gasteiger partial charge in [0, 0.05) is 18.8 Å². The number of nitrogen functional groups attached to an aromatic ring is 1. The lowest BCUT2D eigenvalue weighted by molar-refractivity contribution is -0.129. The average molecular weight is 253 g/mol. The Kier molecular flexibility index (Phi) is 3.78. The molecule has 1 aliphatic rings. The highest BCUT2D eigenvalue weighted by molar-refractivity contribution is 5.80. The van der Waals surface area contributed by atoms with Crippen LogP contribution in [-0.4, -0.2) is 36.6 Å². The smallest absolute Gasteiger partial charge is 0.237 e. The Balaban J connectivity index is 2.13. The third-order valence-electron chi connectivity index (χ3n) is 2.93. The molecule has 1 fully saturated rings. The second-order valence-corrected chi connectivity index (χ2v) is 4.36. The van der Waals surface area contributed by atoms with Crippen molar-refractivity contribution < 1.29 is 13.9 Å². The minimum absolute atomic E-state index is 0.278. The molecular weight excluding hydrogens is 237 g/mol. The summed E-state index contributed by atoms with van der Waals surface area (Å²) in [6, 6.07) is 3.89. The first-order valence-electron chi connectivity index (χ1n) is 5.72. The number of rotatable bonds is 3. The summed E-state index contributed by atoms with van der Waals surface area (Å²) >= 11 is 0. The largest absolute Gasteiger partial charge is 0.399 e. The molecule has 5 nitrogen and oxygen atoms in total. The number of carbonyl (C=O) groups is 1. The number of benzene rings is 1. The van der Waals surface area contributed by atoms with Crippen LogP contribution in [0.4, 0.5) is 10.1 Å². The van der Waals surface area contributed by atoms with Gasteiger partial charge in [0.05, 0.1) is 13.2 Å². The Morgan fingerprint density at radius 2 is 2.28 bits per heavy atom. The van der Waals surface area contributed by atoms with Crippen molar-refractivity contribution in [2.45, 2.75) is 12.6 Å². The van der Waals surface area contributed by atoms with E-state index in [0.29, 0.717) is 25.4 Å². The first-order chi connectivity index (χ1) is 8.56. The third-order valence-corrected chi connectivity index (χ3v) is 2.93. The Bertz CT molecular complexity index is 433. The average Bonchev–Trinajstić information content (AvgIpc) is 2.27. The molecule has 0 aromatic heterocycles. The fourth-order valence-corrected chi connectivity index (χ4v) is 2.09. The second-order valence-electron chi connectivity index (χ2n) is 4.36. The molecule has 0 radical (unpaired) electrons. The van der Waals surface area contributed by atoms with Crippen molar-refractivity contribution in [1.82, 2.24) is 4.90 Å². The highest BCUT2D eigenvalue weighted by Crippen LogP contribution is 2.16. The van der Waals surface area contributed by atoms with Crippen LogP contribution in [0.25, 0.3) is 0 Å². The van der Waals surface area contributed by atoms with Gasteiger partial charge in [0.2, 0.25) is 5.91 Å². The van der Waals surface area contributed by atoms with Crippen LogP contribution in [0.1, 0.15) is 5.56 Å². The zero-order valence-electron chi connectivity index (χ0n) is 9.93. The van der Waals surface area contributed by atoms with E-state index in [2.05, 4.69) is 0 Å². The summed E-state index contributed by atoms with van der Waals surface area (Å²) in [5.41, 5.74) is 12.0. The van der Waals surface area contributed by atoms with Crippen LogP contribution in [0.5, 0.6) is 0 Å². The molecule has 98 valence electrons. The van der Waals surface area contributed by atoms with Crippen molar-refractivity contribution in [3.05, 3.63) is 29.6 Å². The van der Waals surface area contributed by atoms with Gasteiger partial charge in [-0.1, -0.05) is 0 Å². The molecule has 0 spiro atoms. The highest BCUT2D eigenvalue weighted by Gasteiger charge is 2.27. The monoisotopic (exact) mass is 253 g/mol. The lowest BCUT2D eigenvalue weighted by atomic mass is 10.1. The van der Waals surface area contributed by atoms with Crippen LogP contribution in [0.2, 0.25) is 0 Å². The Labute approximate surface area is 104 Å². The molecule has 1 heterocycles. The molecule has 0 aliphatic carbocycles. The van der Waals surface area contributed by atoms with E-state index in [9.17, 15) is 9.18 Å². The first kappa shape index (κ1) is 12.8. The molecule has 1 saturated heterocycles. The maximum Gasteiger partial charge on any atom is 0.237 e. The molecule has 1 amide bonds. The van der Waals surface area contributed by atoms with Crippen molar-refractivity contribution in [3.8, 4) is 0 Å². The van der Waals surface area contributed by atoms with Crippen LogP contribution in [0.3, 0.4) is 0 Å². The Hall–Kier alpha value is -1.66. The lowest BCUT2D eigenvalue weighted by Gasteiger charge is -2.33. The van der Waals surface area contributed by atoms with Gasteiger partial charge in [0.15, 0.2) is 0 Å². The van der Waals surface area contributed by atoms with Gasteiger partial charge < -0.3 is 16.2 Å². The van der Waals surface area contributed by atoms with E-state index in [1.54, 1.807) is 6.07 Å². The number of amides is 1. The molecule has 0 saturated carbocycles. The topological polar surface area (TPSA) is 81.6 Å². The molecule has 1 aliphatic heterocycles. The first-order valence-corrected chi connectivity index (χ1v) is 5.72. The SMILES string of the molecule is NC(=O)C1COCCN1Cc1cc(N)cc(F)c1. The summed E-state index contributed by atoms with van der Waals surface area (Å²) in [5, 5.41) is 0. The van der Waals surface area contributed by atoms with Gasteiger partial charge in [-0.15, -0.1) is 0 Å². The van der Waals surface area contributed by atoms with E-state index in [4.69, 9.17) is 16.2 Å². The van der Waals surface area contributed by atoms with Crippen LogP contribution in [0.15, 0.2) is 18.2 Å². The van der Waals surface area contributed by atoms with Gasteiger partial charge >= 0.3 is 0 Å². The Morgan fingerprint density at radius 1 is 1.50 bits per heavy atom. The summed E-state index contributed by atoms with van der Waals surface area (Å²) in [6.45, 7) is 1.83. The predicted octanol–water partition coefficient (Wildman–Crippen LogP) is 0.0940. The quantitative estimate of drug-likeness (QED) is 0.748. The van der Waals surface area contributed by atoms with Crippen molar-refractivity contribution >= 4 is 11.6 Å². The molecule has 1 aromatic rings. The van der Waals surface area contributed by atoms with E-state index in [1.807, 2.05) is 4.90 Å². The van der Waals surface area contributed by atoms with E-state index < -0.39 is 11.9 Å². The number of carbonyl (C=O) groups excluding carboxylic acids is 1. The van der Waals surface area contributed by atoms with Gasteiger partial charge in [0.1, 0.15) is 11.9 Å². The molecule has 1 unspecified atom stereocenters. The summed E-state index contributed by atoms with van der Waals surface area (Å²) in [5.74, 6) is -0.812. The molecule has 6 heteroatoms. The molecular formula is C12H16FN3O2. The molecule has 0 bridgehead atoms. The molecule has 1 atom stereocenters. The number of hydrogen-bond acceptors (Lipinski definition) is 4. The molecule has 2 rings (SSSR count). The van der Waals surface area contributed by atoms with Gasteiger partial charge in [-0.3, -0.25) is 9.69 Å². The zero-order chi connectivity index (χ0) is 13.1. The van der Waals surface area contributed by atoms with Gasteiger partial charge in [-0.2, -0.15) is 0 Å². The normalized spacial score (nSPS) is 20.8. The maximum atomic E-state index is 13.2. The molecule has 1 aromatic carbocycles. The summed E-state index contributed by atoms with van der Waals surface area (Å²) in [4.78, 5) is 13.2. The summed E-state index contributed by atoms with van der Waals surface area (Å²) < 4.78 is 18.4. The fraction of sp³-hybridized carbons (Fsp3) is 0.417. The Morgan fingerprint density at radius 3 is 2.94 bits per heavy atom. The second kappa shape index (κ2) is 5.32. The van der Waals surface area contributed by atoms with E-state index in [-0.39, 0.29) is 12.4 Å². The zero-order valence-corrected chi connectivity index (χ0v) is 9.93. The number of nitrogens with two attached hydrogens (primary N) is 2. The fourth-order valence-electron chi connectivity index (χ4n) is 2.09. The van der Waals surface area contributed by atoms with Crippen molar-refractivity contribution in [2.24, 2.45) is 5.73 Å². The number of halogens is 1. The summed E-state index contributed by atoms with van der Waals surface area (Å²) in [7, 11) is 0. The molecule has 4 N–H and O–H groups in total.